The van der Waals surface area contributed by atoms with Gasteiger partial charge in [0, 0.05) is 28.3 Å². The van der Waals surface area contributed by atoms with Crippen molar-refractivity contribution in [2.75, 3.05) is 11.5 Å². The summed E-state index contributed by atoms with van der Waals surface area (Å²) < 4.78 is 11.0. The van der Waals surface area contributed by atoms with Crippen LogP contribution in [-0.2, 0) is 15.6 Å². The van der Waals surface area contributed by atoms with Crippen molar-refractivity contribution in [3.05, 3.63) is 0 Å². The number of aliphatic carboxylic acids is 1. The van der Waals surface area contributed by atoms with Crippen LogP contribution in [0.3, 0.4) is 0 Å². The molecule has 0 bridgehead atoms. The summed E-state index contributed by atoms with van der Waals surface area (Å²) in [5.74, 6) is -0.117. The van der Waals surface area contributed by atoms with Gasteiger partial charge in [0.25, 0.3) is 0 Å². The Balaban J connectivity index is 2.56. The fourth-order valence-electron chi connectivity index (χ4n) is 1.12. The second kappa shape index (κ2) is 3.32. The molecule has 0 unspecified atom stereocenters. The van der Waals surface area contributed by atoms with Gasteiger partial charge in [-0.2, -0.15) is 0 Å². The zero-order valence-corrected chi connectivity index (χ0v) is 7.06. The molecule has 0 saturated carbocycles. The highest BCUT2D eigenvalue weighted by molar-refractivity contribution is 7.85. The number of nitrogens with one attached hydrogen (secondary N) is 1. The monoisotopic (exact) mass is 177 g/mol. The third-order valence-electron chi connectivity index (χ3n) is 1.57. The Morgan fingerprint density at radius 1 is 1.64 bits per heavy atom. The summed E-state index contributed by atoms with van der Waals surface area (Å²) in [6, 6.07) is -0.578. The predicted octanol–water partition coefficient (Wildman–Crippen LogP) is -0.820. The van der Waals surface area contributed by atoms with Gasteiger partial charge in [0.2, 0.25) is 0 Å². The first-order valence-electron chi connectivity index (χ1n) is 3.43. The molecule has 1 fully saturated rings. The van der Waals surface area contributed by atoms with Crippen molar-refractivity contribution in [1.29, 1.82) is 0 Å². The molecule has 0 aromatic rings. The molecule has 0 radical (unpaired) electrons. The van der Waals surface area contributed by atoms with Crippen LogP contribution in [-0.4, -0.2) is 38.9 Å². The minimum atomic E-state index is -0.964. The van der Waals surface area contributed by atoms with Crippen molar-refractivity contribution in [2.45, 2.75) is 19.0 Å². The topological polar surface area (TPSA) is 66.4 Å². The Labute approximate surface area is 67.4 Å². The molecular formula is C6H11NO3S. The second-order valence-corrected chi connectivity index (χ2v) is 4.28. The number of carboxylic acid groups (broad SMARTS) is 1. The SMILES string of the molecule is C[C@H]1C[S@@](=O)C[C@@H](C(=O)O)N1. The largest absolute Gasteiger partial charge is 0.480 e. The summed E-state index contributed by atoms with van der Waals surface area (Å²) in [4.78, 5) is 10.4. The number of hydrogen-bond acceptors (Lipinski definition) is 3. The fraction of sp³-hybridized carbons (Fsp3) is 0.833. The molecule has 3 atom stereocenters. The van der Waals surface area contributed by atoms with Gasteiger partial charge in [-0.05, 0) is 6.92 Å². The molecule has 0 aromatic heterocycles. The zero-order chi connectivity index (χ0) is 8.43. The number of carbonyl (C=O) groups is 1. The maximum Gasteiger partial charge on any atom is 0.321 e. The van der Waals surface area contributed by atoms with E-state index < -0.39 is 22.8 Å². The molecule has 64 valence electrons. The van der Waals surface area contributed by atoms with E-state index in [1.54, 1.807) is 0 Å². The molecule has 0 aliphatic carbocycles. The van der Waals surface area contributed by atoms with Crippen LogP contribution in [0.25, 0.3) is 0 Å². The van der Waals surface area contributed by atoms with Gasteiger partial charge in [-0.25, -0.2) is 0 Å². The molecule has 0 spiro atoms. The number of rotatable bonds is 1. The van der Waals surface area contributed by atoms with Crippen molar-refractivity contribution < 1.29 is 14.1 Å². The smallest absolute Gasteiger partial charge is 0.321 e. The van der Waals surface area contributed by atoms with Crippen LogP contribution in [0.1, 0.15) is 6.92 Å². The third-order valence-corrected chi connectivity index (χ3v) is 3.15. The van der Waals surface area contributed by atoms with E-state index in [1.165, 1.54) is 0 Å². The highest BCUT2D eigenvalue weighted by atomic mass is 32.2. The van der Waals surface area contributed by atoms with E-state index in [4.69, 9.17) is 5.11 Å². The zero-order valence-electron chi connectivity index (χ0n) is 6.24. The standard InChI is InChI=1S/C6H11NO3S/c1-4-2-11(10)3-5(7-4)6(8)9/h4-5,7H,2-3H2,1H3,(H,8,9)/t4-,5-,11+/m0/s1. The molecule has 4 nitrogen and oxygen atoms in total. The van der Waals surface area contributed by atoms with E-state index in [1.807, 2.05) is 6.92 Å². The quantitative estimate of drug-likeness (QED) is 0.549. The van der Waals surface area contributed by atoms with Crippen LogP contribution in [0.4, 0.5) is 0 Å². The second-order valence-electron chi connectivity index (χ2n) is 2.73. The van der Waals surface area contributed by atoms with Crippen LogP contribution in [0.5, 0.6) is 0 Å². The highest BCUT2D eigenvalue weighted by Gasteiger charge is 2.27. The lowest BCUT2D eigenvalue weighted by Crippen LogP contribution is -2.52. The Kier molecular flexibility index (Phi) is 2.62. The van der Waals surface area contributed by atoms with E-state index in [0.29, 0.717) is 5.75 Å². The maximum atomic E-state index is 11.0. The van der Waals surface area contributed by atoms with Gasteiger partial charge < -0.3 is 10.4 Å². The first-order chi connectivity index (χ1) is 5.09. The maximum absolute atomic E-state index is 11.0. The molecule has 0 aromatic carbocycles. The highest BCUT2D eigenvalue weighted by Crippen LogP contribution is 2.02. The van der Waals surface area contributed by atoms with Crippen LogP contribution < -0.4 is 5.32 Å². The minimum Gasteiger partial charge on any atom is -0.480 e. The molecule has 2 N–H and O–H groups in total. The minimum absolute atomic E-state index is 0.0469. The summed E-state index contributed by atoms with van der Waals surface area (Å²) in [5, 5.41) is 11.4. The summed E-state index contributed by atoms with van der Waals surface area (Å²) in [6.45, 7) is 1.84. The van der Waals surface area contributed by atoms with E-state index in [0.717, 1.165) is 0 Å². The van der Waals surface area contributed by atoms with E-state index in [9.17, 15) is 9.00 Å². The van der Waals surface area contributed by atoms with Gasteiger partial charge in [0.1, 0.15) is 6.04 Å². The van der Waals surface area contributed by atoms with Gasteiger partial charge >= 0.3 is 5.97 Å². The van der Waals surface area contributed by atoms with Crippen LogP contribution in [0, 0.1) is 0 Å². The lowest BCUT2D eigenvalue weighted by Gasteiger charge is -2.24. The number of carboxylic acids is 1. The Bertz CT molecular complexity index is 194. The molecule has 1 aliphatic rings. The summed E-state index contributed by atoms with van der Waals surface area (Å²) in [5.41, 5.74) is 0. The molecule has 0 amide bonds. The van der Waals surface area contributed by atoms with Crippen molar-refractivity contribution in [3.63, 3.8) is 0 Å². The summed E-state index contributed by atoms with van der Waals surface area (Å²) in [7, 11) is -0.964. The normalized spacial score (nSPS) is 38.5. The molecule has 11 heavy (non-hydrogen) atoms. The predicted molar refractivity (Wildman–Crippen MR) is 41.9 cm³/mol. The molecular weight excluding hydrogens is 166 g/mol. The van der Waals surface area contributed by atoms with Crippen molar-refractivity contribution in [2.24, 2.45) is 0 Å². The van der Waals surface area contributed by atoms with E-state index >= 15 is 0 Å². The van der Waals surface area contributed by atoms with Gasteiger partial charge in [0.05, 0.1) is 0 Å². The average Bonchev–Trinajstić information content (AvgIpc) is 1.85. The Morgan fingerprint density at radius 3 is 2.73 bits per heavy atom. The summed E-state index contributed by atoms with van der Waals surface area (Å²) >= 11 is 0. The molecule has 1 heterocycles. The number of hydrogen-bond donors (Lipinski definition) is 2. The first-order valence-corrected chi connectivity index (χ1v) is 4.92. The molecule has 1 aliphatic heterocycles. The Morgan fingerprint density at radius 2 is 2.27 bits per heavy atom. The van der Waals surface area contributed by atoms with Crippen molar-refractivity contribution >= 4 is 16.8 Å². The lowest BCUT2D eigenvalue weighted by molar-refractivity contribution is -0.139. The van der Waals surface area contributed by atoms with Gasteiger partial charge in [-0.3, -0.25) is 9.00 Å². The average molecular weight is 177 g/mol. The van der Waals surface area contributed by atoms with Gasteiger partial charge in [-0.1, -0.05) is 0 Å². The van der Waals surface area contributed by atoms with Crippen LogP contribution in [0.2, 0.25) is 0 Å². The van der Waals surface area contributed by atoms with Gasteiger partial charge in [-0.15, -0.1) is 0 Å². The molecule has 1 saturated heterocycles. The van der Waals surface area contributed by atoms with Crippen molar-refractivity contribution in [1.82, 2.24) is 5.32 Å². The third kappa shape index (κ3) is 2.27. The van der Waals surface area contributed by atoms with E-state index in [-0.39, 0.29) is 11.8 Å². The molecule has 1 rings (SSSR count). The fourth-order valence-corrected chi connectivity index (χ4v) is 2.52. The molecule has 5 heteroatoms. The first kappa shape index (κ1) is 8.67. The van der Waals surface area contributed by atoms with Crippen LogP contribution >= 0.6 is 0 Å². The van der Waals surface area contributed by atoms with Gasteiger partial charge in [0.15, 0.2) is 0 Å². The van der Waals surface area contributed by atoms with Crippen molar-refractivity contribution in [3.8, 4) is 0 Å². The summed E-state index contributed by atoms with van der Waals surface area (Å²) in [6.07, 6.45) is 0. The Hall–Kier alpha value is -0.420. The van der Waals surface area contributed by atoms with E-state index in [2.05, 4.69) is 5.32 Å². The van der Waals surface area contributed by atoms with Crippen LogP contribution in [0.15, 0.2) is 0 Å². The lowest BCUT2D eigenvalue weighted by atomic mass is 10.3.